The van der Waals surface area contributed by atoms with Crippen molar-refractivity contribution in [1.82, 2.24) is 10.2 Å². The Morgan fingerprint density at radius 2 is 1.83 bits per heavy atom. The Morgan fingerprint density at radius 1 is 1.10 bits per heavy atom. The van der Waals surface area contributed by atoms with E-state index in [9.17, 15) is 18.0 Å². The summed E-state index contributed by atoms with van der Waals surface area (Å²) in [4.78, 5) is 14.9. The summed E-state index contributed by atoms with van der Waals surface area (Å²) >= 11 is 0. The van der Waals surface area contributed by atoms with Crippen molar-refractivity contribution in [3.8, 4) is 5.75 Å². The van der Waals surface area contributed by atoms with Gasteiger partial charge in [0.25, 0.3) is 0 Å². The highest BCUT2D eigenvalue weighted by molar-refractivity contribution is 5.84. The number of rotatable bonds is 8. The molecule has 0 saturated carbocycles. The van der Waals surface area contributed by atoms with Gasteiger partial charge >= 0.3 is 6.18 Å². The number of hydrogen-bond acceptors (Lipinski definition) is 4. The van der Waals surface area contributed by atoms with Gasteiger partial charge in [-0.05, 0) is 23.3 Å². The van der Waals surface area contributed by atoms with Crippen LogP contribution in [0.3, 0.4) is 0 Å². The summed E-state index contributed by atoms with van der Waals surface area (Å²) in [5.74, 6) is -0.149. The van der Waals surface area contributed by atoms with Gasteiger partial charge in [0.05, 0.1) is 19.1 Å². The minimum absolute atomic E-state index is 0.0410. The molecule has 2 aromatic carbocycles. The van der Waals surface area contributed by atoms with Gasteiger partial charge in [0.15, 0.2) is 6.61 Å². The van der Waals surface area contributed by atoms with Crippen LogP contribution in [-0.2, 0) is 16.1 Å². The second-order valence-corrected chi connectivity index (χ2v) is 7.08. The number of hydrogen-bond donors (Lipinski definition) is 1. The van der Waals surface area contributed by atoms with Crippen molar-refractivity contribution in [3.05, 3.63) is 65.7 Å². The Bertz CT molecular complexity index is 809. The first-order valence-corrected chi connectivity index (χ1v) is 9.83. The second kappa shape index (κ2) is 10.4. The molecule has 162 valence electrons. The highest BCUT2D eigenvalue weighted by Crippen LogP contribution is 2.21. The van der Waals surface area contributed by atoms with Gasteiger partial charge in [-0.1, -0.05) is 42.5 Å². The minimum atomic E-state index is -4.38. The summed E-state index contributed by atoms with van der Waals surface area (Å²) in [6.45, 7) is 1.70. The number of carbonyl (C=O) groups excluding carboxylic acids is 1. The molecule has 5 nitrogen and oxygen atoms in total. The molecule has 1 aliphatic heterocycles. The third-order valence-corrected chi connectivity index (χ3v) is 4.80. The van der Waals surface area contributed by atoms with E-state index in [4.69, 9.17) is 9.47 Å². The van der Waals surface area contributed by atoms with Gasteiger partial charge in [-0.2, -0.15) is 13.2 Å². The van der Waals surface area contributed by atoms with Crippen LogP contribution in [0.2, 0.25) is 0 Å². The number of benzene rings is 2. The number of ether oxygens (including phenoxy) is 2. The second-order valence-electron chi connectivity index (χ2n) is 7.08. The lowest BCUT2D eigenvalue weighted by Crippen LogP contribution is -2.45. The lowest BCUT2D eigenvalue weighted by Gasteiger charge is -2.30. The third kappa shape index (κ3) is 6.74. The SMILES string of the molecule is O=C(C(CNCc1cccc(OCC(F)(F)F)c1)c1ccccc1)N1CCOCC1. The fourth-order valence-electron chi connectivity index (χ4n) is 3.31. The van der Waals surface area contributed by atoms with Gasteiger partial charge in [0, 0.05) is 26.2 Å². The molecular formula is C22H25F3N2O3. The minimum Gasteiger partial charge on any atom is -0.484 e. The van der Waals surface area contributed by atoms with Crippen molar-refractivity contribution in [3.63, 3.8) is 0 Å². The first-order valence-electron chi connectivity index (χ1n) is 9.83. The van der Waals surface area contributed by atoms with Crippen molar-refractivity contribution in [2.45, 2.75) is 18.6 Å². The van der Waals surface area contributed by atoms with E-state index in [2.05, 4.69) is 5.32 Å². The van der Waals surface area contributed by atoms with Gasteiger partial charge in [-0.15, -0.1) is 0 Å². The molecule has 1 unspecified atom stereocenters. The van der Waals surface area contributed by atoms with E-state index in [-0.39, 0.29) is 17.6 Å². The smallest absolute Gasteiger partial charge is 0.422 e. The van der Waals surface area contributed by atoms with Gasteiger partial charge in [-0.25, -0.2) is 0 Å². The third-order valence-electron chi connectivity index (χ3n) is 4.80. The van der Waals surface area contributed by atoms with Crippen LogP contribution < -0.4 is 10.1 Å². The fourth-order valence-corrected chi connectivity index (χ4v) is 3.31. The molecule has 1 atom stereocenters. The summed E-state index contributed by atoms with van der Waals surface area (Å²) in [7, 11) is 0. The monoisotopic (exact) mass is 422 g/mol. The topological polar surface area (TPSA) is 50.8 Å². The van der Waals surface area contributed by atoms with E-state index in [1.807, 2.05) is 35.2 Å². The van der Waals surface area contributed by atoms with Crippen molar-refractivity contribution in [2.24, 2.45) is 0 Å². The van der Waals surface area contributed by atoms with E-state index >= 15 is 0 Å². The van der Waals surface area contributed by atoms with E-state index in [1.54, 1.807) is 18.2 Å². The zero-order valence-corrected chi connectivity index (χ0v) is 16.5. The van der Waals surface area contributed by atoms with Gasteiger partial charge in [0.2, 0.25) is 5.91 Å². The highest BCUT2D eigenvalue weighted by atomic mass is 19.4. The lowest BCUT2D eigenvalue weighted by molar-refractivity contribution is -0.153. The first kappa shape index (κ1) is 22.1. The summed E-state index contributed by atoms with van der Waals surface area (Å²) in [6.07, 6.45) is -4.38. The largest absolute Gasteiger partial charge is 0.484 e. The first-order chi connectivity index (χ1) is 14.4. The Labute approximate surface area is 173 Å². The van der Waals surface area contributed by atoms with Crippen LogP contribution in [0.1, 0.15) is 17.0 Å². The number of nitrogens with zero attached hydrogens (tertiary/aromatic N) is 1. The average molecular weight is 422 g/mol. The van der Waals surface area contributed by atoms with Crippen LogP contribution in [-0.4, -0.2) is 56.4 Å². The summed E-state index contributed by atoms with van der Waals surface area (Å²) in [5, 5.41) is 3.26. The van der Waals surface area contributed by atoms with Crippen LogP contribution in [0, 0.1) is 0 Å². The molecule has 0 bridgehead atoms. The molecule has 1 fully saturated rings. The molecule has 1 N–H and O–H groups in total. The molecule has 0 spiro atoms. The number of alkyl halides is 3. The Balaban J connectivity index is 1.61. The molecule has 1 aliphatic rings. The summed E-state index contributed by atoms with van der Waals surface area (Å²) < 4.78 is 47.2. The number of carbonyl (C=O) groups is 1. The van der Waals surface area contributed by atoms with Crippen LogP contribution >= 0.6 is 0 Å². The molecule has 2 aromatic rings. The van der Waals surface area contributed by atoms with Crippen molar-refractivity contribution < 1.29 is 27.4 Å². The van der Waals surface area contributed by atoms with E-state index in [0.717, 1.165) is 11.1 Å². The number of halogens is 3. The lowest BCUT2D eigenvalue weighted by atomic mass is 9.97. The molecule has 0 radical (unpaired) electrons. The van der Waals surface area contributed by atoms with E-state index in [0.29, 0.717) is 39.4 Å². The Kier molecular flexibility index (Phi) is 7.70. The number of amides is 1. The summed E-state index contributed by atoms with van der Waals surface area (Å²) in [6, 6.07) is 16.1. The Morgan fingerprint density at radius 3 is 2.53 bits per heavy atom. The van der Waals surface area contributed by atoms with Crippen LogP contribution in [0.4, 0.5) is 13.2 Å². The van der Waals surface area contributed by atoms with Crippen molar-refractivity contribution >= 4 is 5.91 Å². The standard InChI is InChI=1S/C22H25F3N2O3/c23-22(24,25)16-30-19-8-4-5-17(13-19)14-26-15-20(18-6-2-1-3-7-18)21(28)27-9-11-29-12-10-27/h1-8,13,20,26H,9-12,14-16H2. The maximum absolute atomic E-state index is 13.1. The molecule has 1 saturated heterocycles. The van der Waals surface area contributed by atoms with E-state index in [1.165, 1.54) is 6.07 Å². The number of nitrogens with one attached hydrogen (secondary N) is 1. The van der Waals surface area contributed by atoms with E-state index < -0.39 is 12.8 Å². The normalized spacial score (nSPS) is 15.6. The molecule has 30 heavy (non-hydrogen) atoms. The number of morpholine rings is 1. The zero-order valence-electron chi connectivity index (χ0n) is 16.5. The molecule has 1 heterocycles. The predicted molar refractivity (Wildman–Crippen MR) is 106 cm³/mol. The van der Waals surface area contributed by atoms with Crippen LogP contribution in [0.15, 0.2) is 54.6 Å². The van der Waals surface area contributed by atoms with Crippen LogP contribution in [0.5, 0.6) is 5.75 Å². The molecule has 0 aromatic heterocycles. The van der Waals surface area contributed by atoms with Gasteiger partial charge < -0.3 is 19.7 Å². The predicted octanol–water partition coefficient (Wildman–Crippen LogP) is 3.36. The Hall–Kier alpha value is -2.58. The van der Waals surface area contributed by atoms with Gasteiger partial charge in [0.1, 0.15) is 5.75 Å². The molecule has 1 amide bonds. The average Bonchev–Trinajstić information content (AvgIpc) is 2.76. The summed E-state index contributed by atoms with van der Waals surface area (Å²) in [5.41, 5.74) is 1.70. The quantitative estimate of drug-likeness (QED) is 0.709. The molecule has 3 rings (SSSR count). The maximum Gasteiger partial charge on any atom is 0.422 e. The van der Waals surface area contributed by atoms with Crippen molar-refractivity contribution in [1.29, 1.82) is 0 Å². The van der Waals surface area contributed by atoms with Crippen LogP contribution in [0.25, 0.3) is 0 Å². The zero-order chi connectivity index (χ0) is 21.4. The van der Waals surface area contributed by atoms with Crippen molar-refractivity contribution in [2.75, 3.05) is 39.5 Å². The maximum atomic E-state index is 13.1. The highest BCUT2D eigenvalue weighted by Gasteiger charge is 2.28. The molecule has 0 aliphatic carbocycles. The molecule has 8 heteroatoms. The van der Waals surface area contributed by atoms with Gasteiger partial charge in [-0.3, -0.25) is 4.79 Å². The fraction of sp³-hybridized carbons (Fsp3) is 0.409. The molecular weight excluding hydrogens is 397 g/mol.